The molecule has 1 amide bonds. The van der Waals surface area contributed by atoms with Crippen molar-refractivity contribution in [3.05, 3.63) is 65.2 Å². The van der Waals surface area contributed by atoms with Gasteiger partial charge in [0.2, 0.25) is 0 Å². The molecule has 2 aromatic rings. The van der Waals surface area contributed by atoms with E-state index < -0.39 is 12.1 Å². The molecule has 0 aromatic heterocycles. The molecular formula is C22H27NO5. The van der Waals surface area contributed by atoms with Crippen molar-refractivity contribution in [3.63, 3.8) is 0 Å². The van der Waals surface area contributed by atoms with Gasteiger partial charge in [-0.05, 0) is 44.5 Å². The van der Waals surface area contributed by atoms with Crippen molar-refractivity contribution in [1.82, 2.24) is 5.32 Å². The molecule has 0 aliphatic rings. The van der Waals surface area contributed by atoms with Crippen LogP contribution < -0.4 is 10.1 Å². The number of amides is 1. The first kappa shape index (κ1) is 21.4. The molecule has 0 radical (unpaired) electrons. The number of esters is 1. The van der Waals surface area contributed by atoms with Crippen LogP contribution in [-0.2, 0) is 27.4 Å². The number of hydrogen-bond acceptors (Lipinski definition) is 5. The number of carbonyl (C=O) groups is 2. The van der Waals surface area contributed by atoms with E-state index in [9.17, 15) is 9.59 Å². The monoisotopic (exact) mass is 385 g/mol. The predicted molar refractivity (Wildman–Crippen MR) is 106 cm³/mol. The molecule has 1 N–H and O–H groups in total. The minimum Gasteiger partial charge on any atom is -0.496 e. The highest BCUT2D eigenvalue weighted by Gasteiger charge is 2.19. The van der Waals surface area contributed by atoms with E-state index >= 15 is 0 Å². The van der Waals surface area contributed by atoms with Crippen LogP contribution in [0.25, 0.3) is 0 Å². The van der Waals surface area contributed by atoms with Gasteiger partial charge in [-0.3, -0.25) is 4.79 Å². The Morgan fingerprint density at radius 2 is 1.68 bits per heavy atom. The lowest BCUT2D eigenvalue weighted by molar-refractivity contribution is -0.129. The zero-order valence-electron chi connectivity index (χ0n) is 16.7. The summed E-state index contributed by atoms with van der Waals surface area (Å²) in [6, 6.07) is 14.4. The highest BCUT2D eigenvalue weighted by molar-refractivity contribution is 5.92. The second-order valence-electron chi connectivity index (χ2n) is 6.63. The van der Waals surface area contributed by atoms with Crippen LogP contribution in [0.15, 0.2) is 48.5 Å². The Balaban J connectivity index is 1.86. The highest BCUT2D eigenvalue weighted by atomic mass is 16.5. The molecule has 0 saturated heterocycles. The molecule has 0 aliphatic heterocycles. The summed E-state index contributed by atoms with van der Waals surface area (Å²) in [6.45, 7) is 6.24. The summed E-state index contributed by atoms with van der Waals surface area (Å²) in [5, 5.41) is 2.75. The van der Waals surface area contributed by atoms with Gasteiger partial charge in [0.15, 0.2) is 6.10 Å². The van der Waals surface area contributed by atoms with Crippen LogP contribution in [0, 0.1) is 0 Å². The molecule has 6 nitrogen and oxygen atoms in total. The van der Waals surface area contributed by atoms with Crippen molar-refractivity contribution in [1.29, 1.82) is 0 Å². The third-order valence-electron chi connectivity index (χ3n) is 4.07. The average molecular weight is 385 g/mol. The normalized spacial score (nSPS) is 11.8. The molecular weight excluding hydrogens is 358 g/mol. The summed E-state index contributed by atoms with van der Waals surface area (Å²) < 4.78 is 16.0. The first-order chi connectivity index (χ1) is 13.4. The van der Waals surface area contributed by atoms with Crippen LogP contribution in [0.3, 0.4) is 0 Å². The average Bonchev–Trinajstić information content (AvgIpc) is 2.70. The van der Waals surface area contributed by atoms with Crippen molar-refractivity contribution >= 4 is 11.9 Å². The summed E-state index contributed by atoms with van der Waals surface area (Å²) in [5.41, 5.74) is 2.20. The molecule has 0 saturated carbocycles. The fourth-order valence-corrected chi connectivity index (χ4v) is 2.46. The van der Waals surface area contributed by atoms with Crippen molar-refractivity contribution in [2.75, 3.05) is 7.11 Å². The standard InChI is InChI=1S/C22H27NO5/c1-15(2)27-14-17-9-11-18(12-10-17)22(25)28-16(3)21(24)23-13-19-7-5-6-8-20(19)26-4/h5-12,15-16H,13-14H2,1-4H3,(H,23,24)/t16-/m1/s1. The van der Waals surface area contributed by atoms with E-state index in [2.05, 4.69) is 5.32 Å². The Labute approximate surface area is 165 Å². The van der Waals surface area contributed by atoms with E-state index in [0.717, 1.165) is 11.1 Å². The van der Waals surface area contributed by atoms with E-state index in [1.54, 1.807) is 26.2 Å². The molecule has 2 rings (SSSR count). The fraction of sp³-hybridized carbons (Fsp3) is 0.364. The number of nitrogens with one attached hydrogen (secondary N) is 1. The van der Waals surface area contributed by atoms with Crippen LogP contribution in [0.4, 0.5) is 0 Å². The Morgan fingerprint density at radius 3 is 2.32 bits per heavy atom. The third kappa shape index (κ3) is 6.39. The maximum atomic E-state index is 12.3. The van der Waals surface area contributed by atoms with Crippen LogP contribution in [0.2, 0.25) is 0 Å². The number of carbonyl (C=O) groups excluding carboxylic acids is 2. The largest absolute Gasteiger partial charge is 0.496 e. The lowest BCUT2D eigenvalue weighted by atomic mass is 10.1. The van der Waals surface area contributed by atoms with Crippen LogP contribution in [0.1, 0.15) is 42.3 Å². The SMILES string of the molecule is COc1ccccc1CNC(=O)[C@@H](C)OC(=O)c1ccc(COC(C)C)cc1. The third-order valence-corrected chi connectivity index (χ3v) is 4.07. The Bertz CT molecular complexity index is 786. The van der Waals surface area contributed by atoms with Crippen LogP contribution in [-0.4, -0.2) is 31.2 Å². The number of ether oxygens (including phenoxy) is 3. The van der Waals surface area contributed by atoms with Gasteiger partial charge in [-0.25, -0.2) is 4.79 Å². The molecule has 6 heteroatoms. The number of rotatable bonds is 9. The summed E-state index contributed by atoms with van der Waals surface area (Å²) in [4.78, 5) is 24.5. The Kier molecular flexibility index (Phi) is 8.02. The number of methoxy groups -OCH3 is 1. The summed E-state index contributed by atoms with van der Waals surface area (Å²) >= 11 is 0. The van der Waals surface area contributed by atoms with Gasteiger partial charge < -0.3 is 19.5 Å². The molecule has 0 bridgehead atoms. The molecule has 0 spiro atoms. The number of para-hydroxylation sites is 1. The number of benzene rings is 2. The first-order valence-corrected chi connectivity index (χ1v) is 9.21. The van der Waals surface area contributed by atoms with Gasteiger partial charge >= 0.3 is 5.97 Å². The molecule has 150 valence electrons. The fourth-order valence-electron chi connectivity index (χ4n) is 2.46. The molecule has 0 heterocycles. The molecule has 1 atom stereocenters. The van der Waals surface area contributed by atoms with Crippen molar-refractivity contribution in [3.8, 4) is 5.75 Å². The quantitative estimate of drug-likeness (QED) is 0.669. The topological polar surface area (TPSA) is 73.9 Å². The summed E-state index contributed by atoms with van der Waals surface area (Å²) in [7, 11) is 1.57. The van der Waals surface area contributed by atoms with Crippen molar-refractivity contribution in [2.45, 2.75) is 46.1 Å². The van der Waals surface area contributed by atoms with Gasteiger partial charge in [0.25, 0.3) is 5.91 Å². The lowest BCUT2D eigenvalue weighted by Crippen LogP contribution is -2.35. The molecule has 0 aliphatic carbocycles. The van der Waals surface area contributed by atoms with Crippen LogP contribution >= 0.6 is 0 Å². The van der Waals surface area contributed by atoms with E-state index in [1.165, 1.54) is 0 Å². The summed E-state index contributed by atoms with van der Waals surface area (Å²) in [6.07, 6.45) is -0.772. The second kappa shape index (κ2) is 10.5. The molecule has 2 aromatic carbocycles. The van der Waals surface area contributed by atoms with Crippen molar-refractivity contribution < 1.29 is 23.8 Å². The van der Waals surface area contributed by atoms with Gasteiger partial charge in [-0.15, -0.1) is 0 Å². The zero-order chi connectivity index (χ0) is 20.5. The van der Waals surface area contributed by atoms with E-state index in [4.69, 9.17) is 14.2 Å². The van der Waals surface area contributed by atoms with E-state index in [1.807, 2.05) is 50.2 Å². The van der Waals surface area contributed by atoms with Gasteiger partial charge in [-0.2, -0.15) is 0 Å². The van der Waals surface area contributed by atoms with E-state index in [0.29, 0.717) is 17.9 Å². The smallest absolute Gasteiger partial charge is 0.338 e. The second-order valence-corrected chi connectivity index (χ2v) is 6.63. The number of hydrogen-bond donors (Lipinski definition) is 1. The lowest BCUT2D eigenvalue weighted by Gasteiger charge is -2.15. The minimum absolute atomic E-state index is 0.139. The van der Waals surface area contributed by atoms with E-state index in [-0.39, 0.29) is 18.6 Å². The van der Waals surface area contributed by atoms with Gasteiger partial charge in [0.05, 0.1) is 25.4 Å². The minimum atomic E-state index is -0.911. The highest BCUT2D eigenvalue weighted by Crippen LogP contribution is 2.17. The zero-order valence-corrected chi connectivity index (χ0v) is 16.7. The van der Waals surface area contributed by atoms with Crippen molar-refractivity contribution in [2.24, 2.45) is 0 Å². The molecule has 0 fully saturated rings. The Hall–Kier alpha value is -2.86. The van der Waals surface area contributed by atoms with Gasteiger partial charge in [0, 0.05) is 12.1 Å². The maximum Gasteiger partial charge on any atom is 0.338 e. The maximum absolute atomic E-state index is 12.3. The van der Waals surface area contributed by atoms with Crippen LogP contribution in [0.5, 0.6) is 5.75 Å². The summed E-state index contributed by atoms with van der Waals surface area (Å²) in [5.74, 6) is -0.230. The predicted octanol–water partition coefficient (Wildman–Crippen LogP) is 3.48. The van der Waals surface area contributed by atoms with Gasteiger partial charge in [0.1, 0.15) is 5.75 Å². The first-order valence-electron chi connectivity index (χ1n) is 9.21. The van der Waals surface area contributed by atoms with Gasteiger partial charge in [-0.1, -0.05) is 30.3 Å². The molecule has 0 unspecified atom stereocenters. The molecule has 28 heavy (non-hydrogen) atoms. The Morgan fingerprint density at radius 1 is 1.00 bits per heavy atom.